The number of carboxylic acids is 1. The second kappa shape index (κ2) is 8.98. The first kappa shape index (κ1) is 20.6. The Morgan fingerprint density at radius 3 is 2.45 bits per heavy atom. The molecule has 0 aliphatic carbocycles. The maximum Gasteiger partial charge on any atom is 0.335 e. The highest BCUT2D eigenvalue weighted by Gasteiger charge is 2.24. The van der Waals surface area contributed by atoms with Crippen LogP contribution in [-0.2, 0) is 6.42 Å². The molecule has 0 spiro atoms. The quantitative estimate of drug-likeness (QED) is 0.358. The summed E-state index contributed by atoms with van der Waals surface area (Å²) in [5.41, 5.74) is 4.69. The van der Waals surface area contributed by atoms with Gasteiger partial charge in [0.05, 0.1) is 11.6 Å². The number of carboxylic acid groups (broad SMARTS) is 1. The number of aromatic carboxylic acids is 1. The highest BCUT2D eigenvalue weighted by molar-refractivity contribution is 6.11. The number of nitrogens with one attached hydrogen (secondary N) is 2. The number of fused-ring (bicyclic) bond motifs is 1. The molecule has 0 radical (unpaired) electrons. The zero-order valence-electron chi connectivity index (χ0n) is 17.3. The van der Waals surface area contributed by atoms with Crippen LogP contribution in [0, 0.1) is 6.92 Å². The summed E-state index contributed by atoms with van der Waals surface area (Å²) in [5.74, 6) is -1.05. The number of aromatic nitrogens is 1. The Balaban J connectivity index is 1.59. The smallest absolute Gasteiger partial charge is 0.335 e. The van der Waals surface area contributed by atoms with Crippen molar-refractivity contribution >= 4 is 22.7 Å². The lowest BCUT2D eigenvalue weighted by Crippen LogP contribution is -2.30. The molecule has 0 aliphatic rings. The number of benzene rings is 3. The van der Waals surface area contributed by atoms with E-state index in [0.717, 1.165) is 17.4 Å². The number of Topliss-reactive ketones (excluding diaryl/α,β-unsaturated/α-hetero) is 1. The summed E-state index contributed by atoms with van der Waals surface area (Å²) in [4.78, 5) is 27.8. The zero-order valence-corrected chi connectivity index (χ0v) is 17.3. The summed E-state index contributed by atoms with van der Waals surface area (Å²) in [6.45, 7) is 2.71. The SMILES string of the molecule is Cc1ccc(CCN[C@H](C(=O)c2c[nH]c3cc(C(=O)O)ccc23)c2ccccc2)cc1. The number of ketones is 1. The van der Waals surface area contributed by atoms with E-state index < -0.39 is 12.0 Å². The van der Waals surface area contributed by atoms with Crippen LogP contribution in [0.1, 0.15) is 43.4 Å². The van der Waals surface area contributed by atoms with Gasteiger partial charge >= 0.3 is 5.97 Å². The molecular weight excluding hydrogens is 388 g/mol. The maximum atomic E-state index is 13.5. The van der Waals surface area contributed by atoms with Gasteiger partial charge in [-0.3, -0.25) is 4.79 Å². The lowest BCUT2D eigenvalue weighted by atomic mass is 9.96. The first-order valence-electron chi connectivity index (χ1n) is 10.3. The number of carbonyl (C=O) groups excluding carboxylic acids is 1. The molecule has 1 atom stereocenters. The zero-order chi connectivity index (χ0) is 21.8. The van der Waals surface area contributed by atoms with Crippen molar-refractivity contribution in [2.24, 2.45) is 0 Å². The molecule has 0 aliphatic heterocycles. The molecule has 3 aromatic carbocycles. The molecule has 1 heterocycles. The highest BCUT2D eigenvalue weighted by Crippen LogP contribution is 2.26. The Labute approximate surface area is 180 Å². The van der Waals surface area contributed by atoms with Gasteiger partial charge in [-0.15, -0.1) is 0 Å². The van der Waals surface area contributed by atoms with E-state index in [1.54, 1.807) is 18.3 Å². The minimum Gasteiger partial charge on any atom is -0.478 e. The summed E-state index contributed by atoms with van der Waals surface area (Å²) in [6.07, 6.45) is 2.48. The summed E-state index contributed by atoms with van der Waals surface area (Å²) < 4.78 is 0. The summed E-state index contributed by atoms with van der Waals surface area (Å²) in [7, 11) is 0. The average molecular weight is 412 g/mol. The molecule has 0 unspecified atom stereocenters. The Morgan fingerprint density at radius 1 is 1.00 bits per heavy atom. The van der Waals surface area contributed by atoms with Gasteiger partial charge < -0.3 is 15.4 Å². The van der Waals surface area contributed by atoms with Gasteiger partial charge in [-0.1, -0.05) is 66.2 Å². The van der Waals surface area contributed by atoms with Crippen molar-refractivity contribution in [3.05, 3.63) is 107 Å². The van der Waals surface area contributed by atoms with Crippen LogP contribution in [0.5, 0.6) is 0 Å². The van der Waals surface area contributed by atoms with Gasteiger partial charge in [-0.2, -0.15) is 0 Å². The Bertz CT molecular complexity index is 1210. The third-order valence-corrected chi connectivity index (χ3v) is 5.47. The van der Waals surface area contributed by atoms with E-state index in [0.29, 0.717) is 17.6 Å². The number of rotatable bonds is 8. The van der Waals surface area contributed by atoms with Crippen molar-refractivity contribution < 1.29 is 14.7 Å². The Hall–Kier alpha value is -3.70. The van der Waals surface area contributed by atoms with Crippen LogP contribution in [0.15, 0.2) is 79.0 Å². The minimum atomic E-state index is -0.996. The predicted octanol–water partition coefficient (Wildman–Crippen LogP) is 4.93. The number of hydrogen-bond acceptors (Lipinski definition) is 3. The number of aryl methyl sites for hydroxylation is 1. The monoisotopic (exact) mass is 412 g/mol. The second-order valence-corrected chi connectivity index (χ2v) is 7.67. The van der Waals surface area contributed by atoms with Crippen molar-refractivity contribution in [1.82, 2.24) is 10.3 Å². The van der Waals surface area contributed by atoms with Gasteiger partial charge in [0.2, 0.25) is 0 Å². The molecule has 0 bridgehead atoms. The van der Waals surface area contributed by atoms with E-state index >= 15 is 0 Å². The minimum absolute atomic E-state index is 0.0515. The largest absolute Gasteiger partial charge is 0.478 e. The van der Waals surface area contributed by atoms with Gasteiger partial charge in [0.25, 0.3) is 0 Å². The number of H-pyrrole nitrogens is 1. The van der Waals surface area contributed by atoms with Crippen LogP contribution in [-0.4, -0.2) is 28.4 Å². The maximum absolute atomic E-state index is 13.5. The molecule has 3 N–H and O–H groups in total. The van der Waals surface area contributed by atoms with E-state index in [1.807, 2.05) is 30.3 Å². The molecule has 4 rings (SSSR count). The lowest BCUT2D eigenvalue weighted by molar-refractivity contribution is 0.0696. The molecule has 31 heavy (non-hydrogen) atoms. The van der Waals surface area contributed by atoms with Crippen LogP contribution in [0.2, 0.25) is 0 Å². The van der Waals surface area contributed by atoms with Crippen molar-refractivity contribution in [3.63, 3.8) is 0 Å². The predicted molar refractivity (Wildman–Crippen MR) is 122 cm³/mol. The fraction of sp³-hybridized carbons (Fsp3) is 0.154. The van der Waals surface area contributed by atoms with Gasteiger partial charge in [0.1, 0.15) is 0 Å². The van der Waals surface area contributed by atoms with Crippen LogP contribution in [0.25, 0.3) is 10.9 Å². The molecule has 4 aromatic rings. The standard InChI is InChI=1S/C26H24N2O3/c1-17-7-9-18(10-8-17)13-14-27-24(19-5-3-2-4-6-19)25(29)22-16-28-23-15-20(26(30)31)11-12-21(22)23/h2-12,15-16,24,27-28H,13-14H2,1H3,(H,30,31)/t24-/m0/s1. The molecule has 0 amide bonds. The fourth-order valence-electron chi connectivity index (χ4n) is 3.74. The molecule has 0 saturated heterocycles. The highest BCUT2D eigenvalue weighted by atomic mass is 16.4. The molecule has 0 saturated carbocycles. The summed E-state index contributed by atoms with van der Waals surface area (Å²) in [6, 6.07) is 22.3. The molecular formula is C26H24N2O3. The van der Waals surface area contributed by atoms with Gasteiger partial charge in [0, 0.05) is 29.2 Å². The van der Waals surface area contributed by atoms with E-state index in [4.69, 9.17) is 0 Å². The molecule has 0 fully saturated rings. The molecule has 5 heteroatoms. The van der Waals surface area contributed by atoms with Crippen LogP contribution in [0.4, 0.5) is 0 Å². The fourth-order valence-corrected chi connectivity index (χ4v) is 3.74. The average Bonchev–Trinajstić information content (AvgIpc) is 3.21. The number of carbonyl (C=O) groups is 2. The Kier molecular flexibility index (Phi) is 5.96. The third-order valence-electron chi connectivity index (χ3n) is 5.47. The van der Waals surface area contributed by atoms with Gasteiger partial charge in [0.15, 0.2) is 5.78 Å². The van der Waals surface area contributed by atoms with Crippen LogP contribution < -0.4 is 5.32 Å². The van der Waals surface area contributed by atoms with Crippen LogP contribution >= 0.6 is 0 Å². The first-order chi connectivity index (χ1) is 15.0. The molecule has 5 nitrogen and oxygen atoms in total. The van der Waals surface area contributed by atoms with E-state index in [9.17, 15) is 14.7 Å². The third kappa shape index (κ3) is 4.57. The van der Waals surface area contributed by atoms with Crippen LogP contribution in [0.3, 0.4) is 0 Å². The van der Waals surface area contributed by atoms with Crippen molar-refractivity contribution in [3.8, 4) is 0 Å². The van der Waals surface area contributed by atoms with Crippen molar-refractivity contribution in [1.29, 1.82) is 0 Å². The first-order valence-corrected chi connectivity index (χ1v) is 10.3. The second-order valence-electron chi connectivity index (χ2n) is 7.67. The topological polar surface area (TPSA) is 82.2 Å². The normalized spacial score (nSPS) is 12.0. The van der Waals surface area contributed by atoms with E-state index in [2.05, 4.69) is 41.5 Å². The summed E-state index contributed by atoms with van der Waals surface area (Å²) >= 11 is 0. The van der Waals surface area contributed by atoms with Crippen molar-refractivity contribution in [2.75, 3.05) is 6.54 Å². The molecule has 1 aromatic heterocycles. The van der Waals surface area contributed by atoms with Gasteiger partial charge in [-0.25, -0.2) is 4.79 Å². The Morgan fingerprint density at radius 2 is 1.74 bits per heavy atom. The number of hydrogen-bond donors (Lipinski definition) is 3. The van der Waals surface area contributed by atoms with Gasteiger partial charge in [-0.05, 0) is 36.6 Å². The summed E-state index contributed by atoms with van der Waals surface area (Å²) in [5, 5.41) is 13.4. The van der Waals surface area contributed by atoms with E-state index in [1.165, 1.54) is 17.2 Å². The lowest BCUT2D eigenvalue weighted by Gasteiger charge is -2.18. The van der Waals surface area contributed by atoms with Crippen molar-refractivity contribution in [2.45, 2.75) is 19.4 Å². The number of aromatic amines is 1. The molecule has 156 valence electrons. The van der Waals surface area contributed by atoms with E-state index in [-0.39, 0.29) is 11.3 Å².